The van der Waals surface area contributed by atoms with Gasteiger partial charge in [0.05, 0.1) is 0 Å². The van der Waals surface area contributed by atoms with Gasteiger partial charge in [-0.05, 0) is 58.6 Å². The standard InChI is InChI=1S/C17H32N2O2S/c1-5-22-15-9-8-13(11-15)18-12-14-7-6-10-19(14)16(20)21-17(2,3)4/h13-15,18H,5-12H2,1-4H3. The van der Waals surface area contributed by atoms with Gasteiger partial charge in [-0.1, -0.05) is 6.92 Å². The van der Waals surface area contributed by atoms with Crippen LogP contribution < -0.4 is 5.32 Å². The summed E-state index contributed by atoms with van der Waals surface area (Å²) in [5.41, 5.74) is -0.409. The van der Waals surface area contributed by atoms with E-state index >= 15 is 0 Å². The number of nitrogens with one attached hydrogen (secondary N) is 1. The minimum atomic E-state index is -0.409. The highest BCUT2D eigenvalue weighted by atomic mass is 32.2. The van der Waals surface area contributed by atoms with Crippen LogP contribution in [-0.2, 0) is 4.74 Å². The summed E-state index contributed by atoms with van der Waals surface area (Å²) in [6.45, 7) is 9.77. The van der Waals surface area contributed by atoms with Crippen molar-refractivity contribution in [2.45, 2.75) is 82.7 Å². The van der Waals surface area contributed by atoms with Crippen LogP contribution in [0.5, 0.6) is 0 Å². The topological polar surface area (TPSA) is 41.6 Å². The average molecular weight is 329 g/mol. The molecule has 4 nitrogen and oxygen atoms in total. The van der Waals surface area contributed by atoms with Gasteiger partial charge in [0.25, 0.3) is 0 Å². The molecule has 1 saturated heterocycles. The van der Waals surface area contributed by atoms with Crippen molar-refractivity contribution in [3.63, 3.8) is 0 Å². The fourth-order valence-corrected chi connectivity index (χ4v) is 4.57. The summed E-state index contributed by atoms with van der Waals surface area (Å²) in [5, 5.41) is 4.52. The molecular weight excluding hydrogens is 296 g/mol. The molecule has 1 aliphatic carbocycles. The molecule has 0 spiro atoms. The van der Waals surface area contributed by atoms with Crippen molar-refractivity contribution in [3.8, 4) is 0 Å². The van der Waals surface area contributed by atoms with Crippen molar-refractivity contribution in [3.05, 3.63) is 0 Å². The van der Waals surface area contributed by atoms with E-state index in [9.17, 15) is 4.79 Å². The normalized spacial score (nSPS) is 29.1. The first-order chi connectivity index (χ1) is 10.4. The quantitative estimate of drug-likeness (QED) is 0.836. The summed E-state index contributed by atoms with van der Waals surface area (Å²) >= 11 is 2.09. The molecule has 1 N–H and O–H groups in total. The molecule has 1 amide bonds. The van der Waals surface area contributed by atoms with Gasteiger partial charge >= 0.3 is 6.09 Å². The maximum atomic E-state index is 12.3. The smallest absolute Gasteiger partial charge is 0.410 e. The van der Waals surface area contributed by atoms with Gasteiger partial charge in [-0.15, -0.1) is 0 Å². The minimum Gasteiger partial charge on any atom is -0.444 e. The Bertz CT molecular complexity index is 370. The Morgan fingerprint density at radius 3 is 2.77 bits per heavy atom. The van der Waals surface area contributed by atoms with E-state index in [2.05, 4.69) is 24.0 Å². The summed E-state index contributed by atoms with van der Waals surface area (Å²) in [6.07, 6.45) is 5.91. The van der Waals surface area contributed by atoms with Crippen LogP contribution in [0, 0.1) is 0 Å². The van der Waals surface area contributed by atoms with E-state index in [4.69, 9.17) is 4.74 Å². The Labute approximate surface area is 139 Å². The highest BCUT2D eigenvalue weighted by Gasteiger charge is 2.33. The molecule has 5 heteroatoms. The molecule has 0 aromatic heterocycles. The lowest BCUT2D eigenvalue weighted by Gasteiger charge is -2.29. The van der Waals surface area contributed by atoms with Gasteiger partial charge in [-0.2, -0.15) is 11.8 Å². The number of ether oxygens (including phenoxy) is 1. The lowest BCUT2D eigenvalue weighted by atomic mass is 10.2. The summed E-state index contributed by atoms with van der Waals surface area (Å²) in [7, 11) is 0. The largest absolute Gasteiger partial charge is 0.444 e. The van der Waals surface area contributed by atoms with Crippen LogP contribution in [0.1, 0.15) is 59.8 Å². The van der Waals surface area contributed by atoms with Crippen LogP contribution in [-0.4, -0.2) is 52.8 Å². The molecule has 0 aromatic carbocycles. The first kappa shape index (κ1) is 17.9. The van der Waals surface area contributed by atoms with Crippen molar-refractivity contribution in [1.29, 1.82) is 0 Å². The summed E-state index contributed by atoms with van der Waals surface area (Å²) in [6, 6.07) is 0.929. The van der Waals surface area contributed by atoms with Crippen LogP contribution in [0.25, 0.3) is 0 Å². The number of hydrogen-bond donors (Lipinski definition) is 1. The third-order valence-electron chi connectivity index (χ3n) is 4.43. The van der Waals surface area contributed by atoms with E-state index in [1.54, 1.807) is 0 Å². The van der Waals surface area contributed by atoms with Crippen molar-refractivity contribution >= 4 is 17.9 Å². The molecule has 1 heterocycles. The fourth-order valence-electron chi connectivity index (χ4n) is 3.42. The number of amides is 1. The van der Waals surface area contributed by atoms with Gasteiger partial charge in [-0.25, -0.2) is 4.79 Å². The van der Waals surface area contributed by atoms with E-state index < -0.39 is 5.60 Å². The van der Waals surface area contributed by atoms with Gasteiger partial charge in [0, 0.05) is 30.4 Å². The van der Waals surface area contributed by atoms with Crippen LogP contribution >= 0.6 is 11.8 Å². The van der Waals surface area contributed by atoms with Gasteiger partial charge < -0.3 is 15.0 Å². The Morgan fingerprint density at radius 2 is 2.09 bits per heavy atom. The highest BCUT2D eigenvalue weighted by molar-refractivity contribution is 7.99. The van der Waals surface area contributed by atoms with Gasteiger partial charge in [0.1, 0.15) is 5.60 Å². The number of carbonyl (C=O) groups excluding carboxylic acids is 1. The van der Waals surface area contributed by atoms with Crippen LogP contribution in [0.3, 0.4) is 0 Å². The van der Waals surface area contributed by atoms with Crippen molar-refractivity contribution in [2.24, 2.45) is 0 Å². The maximum Gasteiger partial charge on any atom is 0.410 e. The lowest BCUT2D eigenvalue weighted by Crippen LogP contribution is -2.45. The second kappa shape index (κ2) is 7.91. The molecule has 1 aliphatic heterocycles. The molecule has 2 aliphatic rings. The molecule has 1 saturated carbocycles. The highest BCUT2D eigenvalue weighted by Crippen LogP contribution is 2.30. The third-order valence-corrected chi connectivity index (χ3v) is 5.67. The Balaban J connectivity index is 1.76. The Kier molecular flexibility index (Phi) is 6.45. The molecular formula is C17H32N2O2S. The molecule has 22 heavy (non-hydrogen) atoms. The summed E-state index contributed by atoms with van der Waals surface area (Å²) in [4.78, 5) is 14.2. The lowest BCUT2D eigenvalue weighted by molar-refractivity contribution is 0.0225. The second-order valence-electron chi connectivity index (χ2n) is 7.47. The molecule has 3 atom stereocenters. The molecule has 128 valence electrons. The molecule has 0 aromatic rings. The third kappa shape index (κ3) is 5.34. The van der Waals surface area contributed by atoms with E-state index in [-0.39, 0.29) is 6.09 Å². The SMILES string of the molecule is CCSC1CCC(NCC2CCCN2C(=O)OC(C)(C)C)C1. The zero-order chi connectivity index (χ0) is 16.2. The summed E-state index contributed by atoms with van der Waals surface area (Å²) in [5.74, 6) is 1.21. The first-order valence-electron chi connectivity index (χ1n) is 8.73. The van der Waals surface area contributed by atoms with Crippen LogP contribution in [0.2, 0.25) is 0 Å². The summed E-state index contributed by atoms with van der Waals surface area (Å²) < 4.78 is 5.53. The fraction of sp³-hybridized carbons (Fsp3) is 0.941. The van der Waals surface area contributed by atoms with E-state index in [0.717, 1.165) is 31.2 Å². The van der Waals surface area contributed by atoms with E-state index in [0.29, 0.717) is 12.1 Å². The zero-order valence-corrected chi connectivity index (χ0v) is 15.4. The first-order valence-corrected chi connectivity index (χ1v) is 9.78. The number of likely N-dealkylation sites (tertiary alicyclic amines) is 1. The minimum absolute atomic E-state index is 0.150. The van der Waals surface area contributed by atoms with Crippen LogP contribution in [0.4, 0.5) is 4.79 Å². The number of carbonyl (C=O) groups is 1. The van der Waals surface area contributed by atoms with Gasteiger partial charge in [0.2, 0.25) is 0 Å². The van der Waals surface area contributed by atoms with Gasteiger partial charge in [0.15, 0.2) is 0 Å². The number of hydrogen-bond acceptors (Lipinski definition) is 4. The Morgan fingerprint density at radius 1 is 1.32 bits per heavy atom. The average Bonchev–Trinajstić information content (AvgIpc) is 3.03. The van der Waals surface area contributed by atoms with E-state index in [1.165, 1.54) is 25.0 Å². The molecule has 0 bridgehead atoms. The number of nitrogens with zero attached hydrogens (tertiary/aromatic N) is 1. The monoisotopic (exact) mass is 328 g/mol. The maximum absolute atomic E-state index is 12.3. The van der Waals surface area contributed by atoms with Gasteiger partial charge in [-0.3, -0.25) is 0 Å². The second-order valence-corrected chi connectivity index (χ2v) is 9.04. The zero-order valence-electron chi connectivity index (χ0n) is 14.6. The molecule has 3 unspecified atom stereocenters. The number of rotatable bonds is 5. The molecule has 2 rings (SSSR count). The molecule has 0 radical (unpaired) electrons. The molecule has 2 fully saturated rings. The van der Waals surface area contributed by atoms with E-state index in [1.807, 2.05) is 25.7 Å². The van der Waals surface area contributed by atoms with Crippen LogP contribution in [0.15, 0.2) is 0 Å². The van der Waals surface area contributed by atoms with Crippen molar-refractivity contribution in [1.82, 2.24) is 10.2 Å². The Hall–Kier alpha value is -0.420. The predicted octanol–water partition coefficient (Wildman–Crippen LogP) is 3.65. The predicted molar refractivity (Wildman–Crippen MR) is 93.5 cm³/mol. The van der Waals surface area contributed by atoms with Crippen molar-refractivity contribution in [2.75, 3.05) is 18.8 Å². The van der Waals surface area contributed by atoms with Crippen molar-refractivity contribution < 1.29 is 9.53 Å². The number of thioether (sulfide) groups is 1.